The second kappa shape index (κ2) is 5.80. The summed E-state index contributed by atoms with van der Waals surface area (Å²) in [5.74, 6) is 0.381. The SMILES string of the molecule is CCOC(=O)c1ccc([C@@H]2CCCC(=O)C2)cc1. The van der Waals surface area contributed by atoms with Crippen LogP contribution in [0.4, 0.5) is 0 Å². The fourth-order valence-electron chi connectivity index (χ4n) is 2.41. The van der Waals surface area contributed by atoms with E-state index in [0.717, 1.165) is 24.8 Å². The van der Waals surface area contributed by atoms with Crippen molar-refractivity contribution in [2.24, 2.45) is 0 Å². The molecule has 0 spiro atoms. The maximum Gasteiger partial charge on any atom is 0.338 e. The first-order valence-corrected chi connectivity index (χ1v) is 6.49. The fraction of sp³-hybridized carbons (Fsp3) is 0.467. The van der Waals surface area contributed by atoms with E-state index in [1.54, 1.807) is 19.1 Å². The van der Waals surface area contributed by atoms with Crippen LogP contribution in [0, 0.1) is 0 Å². The van der Waals surface area contributed by atoms with Gasteiger partial charge in [0.1, 0.15) is 5.78 Å². The molecule has 1 saturated carbocycles. The Morgan fingerprint density at radius 3 is 2.67 bits per heavy atom. The molecule has 1 aromatic rings. The van der Waals surface area contributed by atoms with Crippen LogP contribution in [-0.2, 0) is 9.53 Å². The highest BCUT2D eigenvalue weighted by molar-refractivity contribution is 5.89. The van der Waals surface area contributed by atoms with Crippen molar-refractivity contribution in [1.29, 1.82) is 0 Å². The fourth-order valence-corrected chi connectivity index (χ4v) is 2.41. The Bertz CT molecular complexity index is 434. The molecule has 1 atom stereocenters. The normalized spacial score (nSPS) is 19.6. The molecule has 0 saturated heterocycles. The van der Waals surface area contributed by atoms with Crippen LogP contribution in [0.25, 0.3) is 0 Å². The highest BCUT2D eigenvalue weighted by Crippen LogP contribution is 2.30. The number of hydrogen-bond donors (Lipinski definition) is 0. The minimum absolute atomic E-state index is 0.288. The van der Waals surface area contributed by atoms with Gasteiger partial charge in [-0.25, -0.2) is 4.79 Å². The third-order valence-corrected chi connectivity index (χ3v) is 3.38. The van der Waals surface area contributed by atoms with Gasteiger partial charge in [-0.3, -0.25) is 4.79 Å². The Balaban J connectivity index is 2.07. The average molecular weight is 246 g/mol. The standard InChI is InChI=1S/C15H18O3/c1-2-18-15(17)12-8-6-11(7-9-12)13-4-3-5-14(16)10-13/h6-9,13H,2-5,10H2,1H3/t13-/m1/s1. The van der Waals surface area contributed by atoms with Crippen molar-refractivity contribution in [1.82, 2.24) is 0 Å². The van der Waals surface area contributed by atoms with Crippen molar-refractivity contribution in [3.05, 3.63) is 35.4 Å². The lowest BCUT2D eigenvalue weighted by Crippen LogP contribution is -2.13. The molecule has 0 heterocycles. The molecule has 18 heavy (non-hydrogen) atoms. The maximum absolute atomic E-state index is 11.5. The van der Waals surface area contributed by atoms with Crippen molar-refractivity contribution < 1.29 is 14.3 Å². The topological polar surface area (TPSA) is 43.4 Å². The first-order chi connectivity index (χ1) is 8.70. The van der Waals surface area contributed by atoms with Crippen LogP contribution in [0.5, 0.6) is 0 Å². The molecule has 0 amide bonds. The molecule has 0 aliphatic heterocycles. The minimum atomic E-state index is -0.288. The van der Waals surface area contributed by atoms with Gasteiger partial charge in [0, 0.05) is 12.8 Å². The molecule has 0 N–H and O–H groups in total. The predicted molar refractivity (Wildman–Crippen MR) is 68.6 cm³/mol. The Kier molecular flexibility index (Phi) is 4.13. The van der Waals surface area contributed by atoms with E-state index in [-0.39, 0.29) is 5.97 Å². The van der Waals surface area contributed by atoms with Gasteiger partial charge < -0.3 is 4.74 Å². The number of carbonyl (C=O) groups is 2. The summed E-state index contributed by atoms with van der Waals surface area (Å²) in [6, 6.07) is 7.45. The zero-order chi connectivity index (χ0) is 13.0. The van der Waals surface area contributed by atoms with Crippen LogP contribution in [0.1, 0.15) is 54.4 Å². The zero-order valence-corrected chi connectivity index (χ0v) is 10.6. The molecule has 3 nitrogen and oxygen atoms in total. The van der Waals surface area contributed by atoms with Gasteiger partial charge in [-0.2, -0.15) is 0 Å². The van der Waals surface area contributed by atoms with Crippen molar-refractivity contribution in [2.75, 3.05) is 6.61 Å². The van der Waals surface area contributed by atoms with Crippen LogP contribution in [-0.4, -0.2) is 18.4 Å². The van der Waals surface area contributed by atoms with Gasteiger partial charge in [-0.15, -0.1) is 0 Å². The number of ketones is 1. The number of rotatable bonds is 3. The molecule has 0 bridgehead atoms. The lowest BCUT2D eigenvalue weighted by Gasteiger charge is -2.21. The summed E-state index contributed by atoms with van der Waals surface area (Å²) in [6.45, 7) is 2.18. The number of hydrogen-bond acceptors (Lipinski definition) is 3. The summed E-state index contributed by atoms with van der Waals surface area (Å²) in [5, 5.41) is 0. The first-order valence-electron chi connectivity index (χ1n) is 6.49. The van der Waals surface area contributed by atoms with Crippen molar-refractivity contribution in [3.8, 4) is 0 Å². The average Bonchev–Trinajstić information content (AvgIpc) is 2.39. The summed E-state index contributed by atoms with van der Waals surface area (Å²) >= 11 is 0. The lowest BCUT2D eigenvalue weighted by molar-refractivity contribution is -0.120. The summed E-state index contributed by atoms with van der Waals surface area (Å²) in [7, 11) is 0. The number of ether oxygens (including phenoxy) is 1. The van der Waals surface area contributed by atoms with Crippen LogP contribution in [0.2, 0.25) is 0 Å². The number of esters is 1. The van der Waals surface area contributed by atoms with E-state index in [1.165, 1.54) is 0 Å². The van der Waals surface area contributed by atoms with Crippen molar-refractivity contribution in [2.45, 2.75) is 38.5 Å². The van der Waals surface area contributed by atoms with E-state index in [2.05, 4.69) is 0 Å². The Morgan fingerprint density at radius 2 is 2.06 bits per heavy atom. The number of carbonyl (C=O) groups excluding carboxylic acids is 2. The van der Waals surface area contributed by atoms with E-state index >= 15 is 0 Å². The zero-order valence-electron chi connectivity index (χ0n) is 10.6. The van der Waals surface area contributed by atoms with Gasteiger partial charge in [0.05, 0.1) is 12.2 Å². The molecule has 2 rings (SSSR count). The minimum Gasteiger partial charge on any atom is -0.462 e. The molecular formula is C15H18O3. The largest absolute Gasteiger partial charge is 0.462 e. The molecule has 1 aromatic carbocycles. The molecule has 0 aromatic heterocycles. The van der Waals surface area contributed by atoms with Crippen LogP contribution < -0.4 is 0 Å². The van der Waals surface area contributed by atoms with E-state index in [9.17, 15) is 9.59 Å². The molecule has 96 valence electrons. The van der Waals surface area contributed by atoms with E-state index in [1.807, 2.05) is 12.1 Å². The lowest BCUT2D eigenvalue weighted by atomic mass is 9.83. The second-order valence-corrected chi connectivity index (χ2v) is 4.67. The molecule has 3 heteroatoms. The Morgan fingerprint density at radius 1 is 1.33 bits per heavy atom. The summed E-state index contributed by atoms with van der Waals surface area (Å²) in [5.41, 5.74) is 1.72. The highest BCUT2D eigenvalue weighted by atomic mass is 16.5. The molecule has 1 aliphatic rings. The smallest absolute Gasteiger partial charge is 0.338 e. The van der Waals surface area contributed by atoms with Gasteiger partial charge in [-0.1, -0.05) is 12.1 Å². The van der Waals surface area contributed by atoms with E-state index in [4.69, 9.17) is 4.74 Å². The monoisotopic (exact) mass is 246 g/mol. The molecule has 1 fully saturated rings. The molecule has 0 unspecified atom stereocenters. The van der Waals surface area contributed by atoms with Gasteiger partial charge in [0.25, 0.3) is 0 Å². The van der Waals surface area contributed by atoms with Gasteiger partial charge in [0.15, 0.2) is 0 Å². The van der Waals surface area contributed by atoms with Gasteiger partial charge in [-0.05, 0) is 43.4 Å². The highest BCUT2D eigenvalue weighted by Gasteiger charge is 2.21. The first kappa shape index (κ1) is 12.8. The summed E-state index contributed by atoms with van der Waals surface area (Å²) < 4.78 is 4.94. The summed E-state index contributed by atoms with van der Waals surface area (Å²) in [6.07, 6.45) is 3.39. The molecule has 1 aliphatic carbocycles. The number of benzene rings is 1. The molecule has 0 radical (unpaired) electrons. The summed E-state index contributed by atoms with van der Waals surface area (Å²) in [4.78, 5) is 22.9. The van der Waals surface area contributed by atoms with E-state index < -0.39 is 0 Å². The second-order valence-electron chi connectivity index (χ2n) is 4.67. The number of Topliss-reactive ketones (excluding diaryl/α,β-unsaturated/α-hetero) is 1. The van der Waals surface area contributed by atoms with E-state index in [0.29, 0.717) is 30.3 Å². The maximum atomic E-state index is 11.5. The van der Waals surface area contributed by atoms with Gasteiger partial charge >= 0.3 is 5.97 Å². The van der Waals surface area contributed by atoms with Crippen LogP contribution >= 0.6 is 0 Å². The Labute approximate surface area is 107 Å². The quantitative estimate of drug-likeness (QED) is 0.770. The Hall–Kier alpha value is -1.64. The van der Waals surface area contributed by atoms with Gasteiger partial charge in [0.2, 0.25) is 0 Å². The third-order valence-electron chi connectivity index (χ3n) is 3.38. The molecular weight excluding hydrogens is 228 g/mol. The van der Waals surface area contributed by atoms with Crippen molar-refractivity contribution in [3.63, 3.8) is 0 Å². The van der Waals surface area contributed by atoms with Crippen LogP contribution in [0.3, 0.4) is 0 Å². The van der Waals surface area contributed by atoms with Crippen molar-refractivity contribution >= 4 is 11.8 Å². The third kappa shape index (κ3) is 2.97. The van der Waals surface area contributed by atoms with Crippen LogP contribution in [0.15, 0.2) is 24.3 Å². The predicted octanol–water partition coefficient (Wildman–Crippen LogP) is 3.09.